The van der Waals surface area contributed by atoms with Crippen LogP contribution in [0.4, 0.5) is 5.69 Å². The van der Waals surface area contributed by atoms with Crippen LogP contribution in [0.5, 0.6) is 0 Å². The lowest BCUT2D eigenvalue weighted by molar-refractivity contribution is -0.115. The van der Waals surface area contributed by atoms with E-state index in [1.54, 1.807) is 0 Å². The molecule has 0 saturated carbocycles. The van der Waals surface area contributed by atoms with Gasteiger partial charge in [-0.1, -0.05) is 35.9 Å². The molecule has 116 valence electrons. The normalized spacial score (nSPS) is 12.0. The highest BCUT2D eigenvalue weighted by Gasteiger charge is 2.09. The number of benzene rings is 2. The number of carbonyl (C=O) groups is 1. The van der Waals surface area contributed by atoms with Crippen LogP contribution in [0.25, 0.3) is 0 Å². The molecular formula is C18H21ClN2O. The van der Waals surface area contributed by atoms with E-state index < -0.39 is 0 Å². The lowest BCUT2D eigenvalue weighted by Crippen LogP contribution is -2.30. The highest BCUT2D eigenvalue weighted by atomic mass is 35.5. The molecule has 4 heteroatoms. The summed E-state index contributed by atoms with van der Waals surface area (Å²) in [5.74, 6) is -0.0467. The van der Waals surface area contributed by atoms with E-state index in [1.165, 1.54) is 5.56 Å². The number of aryl methyl sites for hydroxylation is 1. The molecule has 2 aromatic rings. The third-order valence-corrected chi connectivity index (χ3v) is 4.07. The summed E-state index contributed by atoms with van der Waals surface area (Å²) in [6.07, 6.45) is 0. The third-order valence-electron chi connectivity index (χ3n) is 3.82. The number of rotatable bonds is 5. The van der Waals surface area contributed by atoms with Gasteiger partial charge < -0.3 is 10.6 Å². The standard InChI is InChI=1S/C18H21ClN2O/c1-12-5-4-6-17(13(12)2)21-18(22)11-20-14(3)15-7-9-16(19)10-8-15/h4-10,14,20H,11H2,1-3H3,(H,21,22). The number of nitrogens with one attached hydrogen (secondary N) is 2. The smallest absolute Gasteiger partial charge is 0.238 e. The van der Waals surface area contributed by atoms with Crippen molar-refractivity contribution in [3.8, 4) is 0 Å². The van der Waals surface area contributed by atoms with E-state index in [0.717, 1.165) is 16.8 Å². The Morgan fingerprint density at radius 1 is 1.14 bits per heavy atom. The molecule has 0 spiro atoms. The summed E-state index contributed by atoms with van der Waals surface area (Å²) in [5.41, 5.74) is 4.23. The fourth-order valence-electron chi connectivity index (χ4n) is 2.20. The van der Waals surface area contributed by atoms with Crippen LogP contribution >= 0.6 is 11.6 Å². The first-order chi connectivity index (χ1) is 10.5. The summed E-state index contributed by atoms with van der Waals surface area (Å²) in [7, 11) is 0. The number of carbonyl (C=O) groups excluding carboxylic acids is 1. The zero-order valence-corrected chi connectivity index (χ0v) is 13.9. The summed E-state index contributed by atoms with van der Waals surface area (Å²) in [5, 5.41) is 6.87. The van der Waals surface area contributed by atoms with Crippen molar-refractivity contribution in [1.29, 1.82) is 0 Å². The molecule has 1 unspecified atom stereocenters. The Morgan fingerprint density at radius 3 is 2.50 bits per heavy atom. The Hall–Kier alpha value is -1.84. The molecule has 0 heterocycles. The van der Waals surface area contributed by atoms with Crippen molar-refractivity contribution in [2.75, 3.05) is 11.9 Å². The van der Waals surface area contributed by atoms with Crippen molar-refractivity contribution in [2.24, 2.45) is 0 Å². The minimum atomic E-state index is -0.0467. The van der Waals surface area contributed by atoms with Gasteiger partial charge in [-0.15, -0.1) is 0 Å². The van der Waals surface area contributed by atoms with E-state index >= 15 is 0 Å². The van der Waals surface area contributed by atoms with Crippen molar-refractivity contribution in [2.45, 2.75) is 26.8 Å². The fourth-order valence-corrected chi connectivity index (χ4v) is 2.32. The van der Waals surface area contributed by atoms with Crippen LogP contribution in [0.2, 0.25) is 5.02 Å². The Bertz CT molecular complexity index is 653. The largest absolute Gasteiger partial charge is 0.325 e. The molecule has 0 aliphatic rings. The van der Waals surface area contributed by atoms with Gasteiger partial charge in [0.2, 0.25) is 5.91 Å². The maximum Gasteiger partial charge on any atom is 0.238 e. The Labute approximate surface area is 136 Å². The molecule has 0 radical (unpaired) electrons. The van der Waals surface area contributed by atoms with E-state index in [1.807, 2.05) is 63.2 Å². The van der Waals surface area contributed by atoms with Crippen LogP contribution in [0.1, 0.15) is 29.7 Å². The quantitative estimate of drug-likeness (QED) is 0.866. The van der Waals surface area contributed by atoms with E-state index in [-0.39, 0.29) is 18.5 Å². The molecule has 2 N–H and O–H groups in total. The second kappa shape index (κ2) is 7.43. The van der Waals surface area contributed by atoms with Crippen molar-refractivity contribution in [3.05, 3.63) is 64.2 Å². The SMILES string of the molecule is Cc1cccc(NC(=O)CNC(C)c2ccc(Cl)cc2)c1C. The first-order valence-electron chi connectivity index (χ1n) is 7.32. The van der Waals surface area contributed by atoms with Crippen LogP contribution in [0.3, 0.4) is 0 Å². The Morgan fingerprint density at radius 2 is 1.82 bits per heavy atom. The molecule has 0 bridgehead atoms. The number of amides is 1. The zero-order chi connectivity index (χ0) is 16.1. The molecular weight excluding hydrogens is 296 g/mol. The predicted octanol–water partition coefficient (Wildman–Crippen LogP) is 4.25. The maximum absolute atomic E-state index is 12.1. The van der Waals surface area contributed by atoms with Crippen LogP contribution in [0, 0.1) is 13.8 Å². The van der Waals surface area contributed by atoms with Crippen LogP contribution in [-0.4, -0.2) is 12.5 Å². The summed E-state index contributed by atoms with van der Waals surface area (Å²) >= 11 is 5.88. The number of halogens is 1. The average Bonchev–Trinajstić information content (AvgIpc) is 2.50. The third kappa shape index (κ3) is 4.33. The highest BCUT2D eigenvalue weighted by Crippen LogP contribution is 2.18. The van der Waals surface area contributed by atoms with Gasteiger partial charge in [-0.2, -0.15) is 0 Å². The predicted molar refractivity (Wildman–Crippen MR) is 92.4 cm³/mol. The van der Waals surface area contributed by atoms with E-state index in [9.17, 15) is 4.79 Å². The monoisotopic (exact) mass is 316 g/mol. The minimum Gasteiger partial charge on any atom is -0.325 e. The fraction of sp³-hybridized carbons (Fsp3) is 0.278. The molecule has 0 aromatic heterocycles. The van der Waals surface area contributed by atoms with E-state index in [0.29, 0.717) is 5.02 Å². The summed E-state index contributed by atoms with van der Waals surface area (Å²) in [6.45, 7) is 6.33. The summed E-state index contributed by atoms with van der Waals surface area (Å²) < 4.78 is 0. The average molecular weight is 317 g/mol. The lowest BCUT2D eigenvalue weighted by Gasteiger charge is -2.15. The molecule has 1 atom stereocenters. The zero-order valence-electron chi connectivity index (χ0n) is 13.1. The van der Waals surface area contributed by atoms with Crippen LogP contribution in [0.15, 0.2) is 42.5 Å². The summed E-state index contributed by atoms with van der Waals surface area (Å²) in [4.78, 5) is 12.1. The molecule has 22 heavy (non-hydrogen) atoms. The molecule has 3 nitrogen and oxygen atoms in total. The molecule has 0 aliphatic heterocycles. The molecule has 0 fully saturated rings. The topological polar surface area (TPSA) is 41.1 Å². The number of hydrogen-bond acceptors (Lipinski definition) is 2. The summed E-state index contributed by atoms with van der Waals surface area (Å²) in [6, 6.07) is 13.6. The second-order valence-corrected chi connectivity index (χ2v) is 5.89. The molecule has 1 amide bonds. The minimum absolute atomic E-state index is 0.0467. The maximum atomic E-state index is 12.1. The van der Waals surface area contributed by atoms with Gasteiger partial charge in [0.1, 0.15) is 0 Å². The van der Waals surface area contributed by atoms with E-state index in [2.05, 4.69) is 10.6 Å². The molecule has 2 rings (SSSR count). The second-order valence-electron chi connectivity index (χ2n) is 5.45. The van der Waals surface area contributed by atoms with Crippen molar-refractivity contribution < 1.29 is 4.79 Å². The Balaban J connectivity index is 1.90. The lowest BCUT2D eigenvalue weighted by atomic mass is 10.1. The van der Waals surface area contributed by atoms with Gasteiger partial charge in [0.05, 0.1) is 6.54 Å². The van der Waals surface area contributed by atoms with Gasteiger partial charge in [0.25, 0.3) is 0 Å². The van der Waals surface area contributed by atoms with Crippen LogP contribution in [-0.2, 0) is 4.79 Å². The molecule has 0 saturated heterocycles. The van der Waals surface area contributed by atoms with Gasteiger partial charge in [-0.25, -0.2) is 0 Å². The van der Waals surface area contributed by atoms with Gasteiger partial charge in [0, 0.05) is 16.8 Å². The van der Waals surface area contributed by atoms with E-state index in [4.69, 9.17) is 11.6 Å². The van der Waals surface area contributed by atoms with Crippen molar-refractivity contribution >= 4 is 23.2 Å². The van der Waals surface area contributed by atoms with Gasteiger partial charge in [-0.05, 0) is 55.7 Å². The first kappa shape index (κ1) is 16.5. The molecule has 2 aromatic carbocycles. The molecule has 0 aliphatic carbocycles. The Kier molecular flexibility index (Phi) is 5.58. The highest BCUT2D eigenvalue weighted by molar-refractivity contribution is 6.30. The first-order valence-corrected chi connectivity index (χ1v) is 7.70. The van der Waals surface area contributed by atoms with Crippen molar-refractivity contribution in [3.63, 3.8) is 0 Å². The number of anilines is 1. The van der Waals surface area contributed by atoms with Crippen LogP contribution < -0.4 is 10.6 Å². The number of hydrogen-bond donors (Lipinski definition) is 2. The van der Waals surface area contributed by atoms with Gasteiger partial charge in [-0.3, -0.25) is 4.79 Å². The van der Waals surface area contributed by atoms with Crippen molar-refractivity contribution in [1.82, 2.24) is 5.32 Å². The van der Waals surface area contributed by atoms with Gasteiger partial charge >= 0.3 is 0 Å². The van der Waals surface area contributed by atoms with Gasteiger partial charge in [0.15, 0.2) is 0 Å².